The Labute approximate surface area is 144 Å². The first-order valence-corrected chi connectivity index (χ1v) is 8.21. The third kappa shape index (κ3) is 4.82. The van der Waals surface area contributed by atoms with Gasteiger partial charge in [0.2, 0.25) is 5.91 Å². The normalized spacial score (nSPS) is 13.9. The van der Waals surface area contributed by atoms with Crippen molar-refractivity contribution in [2.45, 2.75) is 32.0 Å². The molecule has 132 valence electrons. The van der Waals surface area contributed by atoms with E-state index >= 15 is 0 Å². The zero-order chi connectivity index (χ0) is 17.8. The largest absolute Gasteiger partial charge is 0.351 e. The van der Waals surface area contributed by atoms with E-state index in [-0.39, 0.29) is 37.4 Å². The molecule has 0 aliphatic heterocycles. The lowest BCUT2D eigenvalue weighted by Crippen LogP contribution is -2.38. The summed E-state index contributed by atoms with van der Waals surface area (Å²) >= 11 is 0. The molecule has 0 spiro atoms. The Morgan fingerprint density at radius 1 is 1.04 bits per heavy atom. The molecule has 0 saturated heterocycles. The Morgan fingerprint density at radius 2 is 1.80 bits per heavy atom. The maximum Gasteiger partial charge on any atom is 0.234 e. The van der Waals surface area contributed by atoms with Crippen molar-refractivity contribution in [1.29, 1.82) is 0 Å². The van der Waals surface area contributed by atoms with E-state index in [1.54, 1.807) is 18.2 Å². The summed E-state index contributed by atoms with van der Waals surface area (Å²) in [6.45, 7) is 0.439. The zero-order valence-corrected chi connectivity index (χ0v) is 13.6. The molecule has 1 aliphatic rings. The predicted octanol–water partition coefficient (Wildman–Crippen LogP) is 3.38. The fraction of sp³-hybridized carbons (Fsp3) is 0.316. The van der Waals surface area contributed by atoms with Crippen LogP contribution in [0.3, 0.4) is 0 Å². The average molecular weight is 348 g/mol. The standard InChI is InChI=1S/C19H19F3N2O/c20-15-6-5-14(18(22)9-15)11-24(16-7-8-16)12-19(25)23-10-13-3-1-2-4-17(13)21/h1-6,9,16H,7-8,10-12H2,(H,23,25). The Kier molecular flexibility index (Phi) is 5.38. The molecule has 1 amide bonds. The van der Waals surface area contributed by atoms with Gasteiger partial charge in [-0.2, -0.15) is 0 Å². The number of carbonyl (C=O) groups is 1. The first-order chi connectivity index (χ1) is 12.0. The molecule has 0 radical (unpaired) electrons. The minimum Gasteiger partial charge on any atom is -0.351 e. The number of hydrogen-bond donors (Lipinski definition) is 1. The predicted molar refractivity (Wildman–Crippen MR) is 88.0 cm³/mol. The molecule has 0 atom stereocenters. The van der Waals surface area contributed by atoms with Crippen LogP contribution in [-0.2, 0) is 17.9 Å². The van der Waals surface area contributed by atoms with Gasteiger partial charge in [0.05, 0.1) is 6.54 Å². The van der Waals surface area contributed by atoms with Crippen molar-refractivity contribution in [2.24, 2.45) is 0 Å². The highest BCUT2D eigenvalue weighted by atomic mass is 19.1. The van der Waals surface area contributed by atoms with Crippen LogP contribution in [0.1, 0.15) is 24.0 Å². The molecule has 6 heteroatoms. The second-order valence-corrected chi connectivity index (χ2v) is 6.24. The summed E-state index contributed by atoms with van der Waals surface area (Å²) in [4.78, 5) is 14.0. The van der Waals surface area contributed by atoms with Crippen LogP contribution >= 0.6 is 0 Å². The van der Waals surface area contributed by atoms with Crippen molar-refractivity contribution < 1.29 is 18.0 Å². The van der Waals surface area contributed by atoms with Gasteiger partial charge in [0, 0.05) is 36.3 Å². The molecule has 1 N–H and O–H groups in total. The van der Waals surface area contributed by atoms with Crippen LogP contribution in [0.2, 0.25) is 0 Å². The molecule has 2 aromatic carbocycles. The Hall–Kier alpha value is -2.34. The van der Waals surface area contributed by atoms with Crippen molar-refractivity contribution in [3.05, 3.63) is 71.0 Å². The fourth-order valence-electron chi connectivity index (χ4n) is 2.70. The second-order valence-electron chi connectivity index (χ2n) is 6.24. The highest BCUT2D eigenvalue weighted by molar-refractivity contribution is 5.78. The van der Waals surface area contributed by atoms with Gasteiger partial charge in [0.25, 0.3) is 0 Å². The SMILES string of the molecule is O=C(CN(Cc1ccc(F)cc1F)C1CC1)NCc1ccccc1F. The highest BCUT2D eigenvalue weighted by Gasteiger charge is 2.30. The van der Waals surface area contributed by atoms with E-state index in [2.05, 4.69) is 5.32 Å². The van der Waals surface area contributed by atoms with Gasteiger partial charge in [-0.05, 0) is 25.0 Å². The van der Waals surface area contributed by atoms with Gasteiger partial charge in [0.1, 0.15) is 17.5 Å². The Balaban J connectivity index is 1.58. The van der Waals surface area contributed by atoms with E-state index in [4.69, 9.17) is 0 Å². The van der Waals surface area contributed by atoms with Gasteiger partial charge < -0.3 is 5.32 Å². The lowest BCUT2D eigenvalue weighted by Gasteiger charge is -2.22. The van der Waals surface area contributed by atoms with Crippen molar-refractivity contribution in [3.63, 3.8) is 0 Å². The van der Waals surface area contributed by atoms with E-state index in [1.165, 1.54) is 18.2 Å². The van der Waals surface area contributed by atoms with Crippen LogP contribution in [-0.4, -0.2) is 23.4 Å². The number of nitrogens with zero attached hydrogens (tertiary/aromatic N) is 1. The minimum absolute atomic E-state index is 0.0932. The van der Waals surface area contributed by atoms with Crippen molar-refractivity contribution in [3.8, 4) is 0 Å². The summed E-state index contributed by atoms with van der Waals surface area (Å²) in [5, 5.41) is 2.69. The van der Waals surface area contributed by atoms with Crippen LogP contribution < -0.4 is 5.32 Å². The van der Waals surface area contributed by atoms with Crippen LogP contribution in [0.4, 0.5) is 13.2 Å². The zero-order valence-electron chi connectivity index (χ0n) is 13.6. The summed E-state index contributed by atoms with van der Waals surface area (Å²) < 4.78 is 40.4. The molecule has 2 aromatic rings. The van der Waals surface area contributed by atoms with Gasteiger partial charge in [-0.3, -0.25) is 9.69 Å². The lowest BCUT2D eigenvalue weighted by molar-refractivity contribution is -0.122. The van der Waals surface area contributed by atoms with Gasteiger partial charge in [0.15, 0.2) is 0 Å². The molecule has 0 aromatic heterocycles. The topological polar surface area (TPSA) is 32.3 Å². The number of carbonyl (C=O) groups excluding carboxylic acids is 1. The summed E-state index contributed by atoms with van der Waals surface area (Å²) in [6, 6.07) is 9.93. The van der Waals surface area contributed by atoms with Crippen LogP contribution in [0, 0.1) is 17.5 Å². The van der Waals surface area contributed by atoms with Crippen LogP contribution in [0.15, 0.2) is 42.5 Å². The van der Waals surface area contributed by atoms with Crippen molar-refractivity contribution in [1.82, 2.24) is 10.2 Å². The molecule has 1 fully saturated rings. The summed E-state index contributed by atoms with van der Waals surface area (Å²) in [5.74, 6) is -1.85. The number of rotatable bonds is 7. The lowest BCUT2D eigenvalue weighted by atomic mass is 10.2. The van der Waals surface area contributed by atoms with E-state index < -0.39 is 11.6 Å². The number of benzene rings is 2. The average Bonchev–Trinajstić information content (AvgIpc) is 3.41. The number of amides is 1. The van der Waals surface area contributed by atoms with Crippen molar-refractivity contribution >= 4 is 5.91 Å². The van der Waals surface area contributed by atoms with Gasteiger partial charge in [-0.1, -0.05) is 24.3 Å². The molecule has 25 heavy (non-hydrogen) atoms. The quantitative estimate of drug-likeness (QED) is 0.832. The Bertz CT molecular complexity index is 762. The molecule has 3 rings (SSSR count). The smallest absolute Gasteiger partial charge is 0.234 e. The molecule has 0 heterocycles. The minimum atomic E-state index is -0.623. The van der Waals surface area contributed by atoms with Gasteiger partial charge in [-0.15, -0.1) is 0 Å². The monoisotopic (exact) mass is 348 g/mol. The summed E-state index contributed by atoms with van der Waals surface area (Å²) in [7, 11) is 0. The van der Waals surface area contributed by atoms with Gasteiger partial charge in [-0.25, -0.2) is 13.2 Å². The molecule has 0 unspecified atom stereocenters. The highest BCUT2D eigenvalue weighted by Crippen LogP contribution is 2.28. The molecule has 0 bridgehead atoms. The Morgan fingerprint density at radius 3 is 2.48 bits per heavy atom. The van der Waals surface area contributed by atoms with Gasteiger partial charge >= 0.3 is 0 Å². The molecule has 3 nitrogen and oxygen atoms in total. The number of halogens is 3. The third-order valence-corrected chi connectivity index (χ3v) is 4.23. The van der Waals surface area contributed by atoms with E-state index in [9.17, 15) is 18.0 Å². The summed E-state index contributed by atoms with van der Waals surface area (Å²) in [5.41, 5.74) is 0.772. The first kappa shape index (κ1) is 17.5. The maximum absolute atomic E-state index is 13.8. The maximum atomic E-state index is 13.8. The molecule has 1 saturated carbocycles. The number of hydrogen-bond acceptors (Lipinski definition) is 2. The molecular weight excluding hydrogens is 329 g/mol. The van der Waals surface area contributed by atoms with E-state index in [0.717, 1.165) is 18.9 Å². The van der Waals surface area contributed by atoms with E-state index in [1.807, 2.05) is 4.90 Å². The van der Waals surface area contributed by atoms with Crippen LogP contribution in [0.25, 0.3) is 0 Å². The molecule has 1 aliphatic carbocycles. The molecular formula is C19H19F3N2O. The first-order valence-electron chi connectivity index (χ1n) is 8.21. The summed E-state index contributed by atoms with van der Waals surface area (Å²) in [6.07, 6.45) is 1.90. The third-order valence-electron chi connectivity index (χ3n) is 4.23. The van der Waals surface area contributed by atoms with E-state index in [0.29, 0.717) is 11.1 Å². The van der Waals surface area contributed by atoms with Crippen molar-refractivity contribution in [2.75, 3.05) is 6.54 Å². The van der Waals surface area contributed by atoms with Crippen LogP contribution in [0.5, 0.6) is 0 Å². The number of nitrogens with one attached hydrogen (secondary N) is 1. The fourth-order valence-corrected chi connectivity index (χ4v) is 2.70. The second kappa shape index (κ2) is 7.70.